The van der Waals surface area contributed by atoms with Crippen LogP contribution in [0.2, 0.25) is 0 Å². The second kappa shape index (κ2) is 2.75. The highest BCUT2D eigenvalue weighted by Gasteiger charge is 2.31. The van der Waals surface area contributed by atoms with E-state index in [1.807, 2.05) is 30.3 Å². The van der Waals surface area contributed by atoms with Crippen molar-refractivity contribution in [2.75, 3.05) is 11.9 Å². The van der Waals surface area contributed by atoms with Crippen molar-refractivity contribution in [3.63, 3.8) is 0 Å². The molecule has 2 N–H and O–H groups in total. The first-order valence-electron chi connectivity index (χ1n) is 4.19. The van der Waals surface area contributed by atoms with Gasteiger partial charge in [0.15, 0.2) is 5.60 Å². The Morgan fingerprint density at radius 2 is 2.23 bits per heavy atom. The second-order valence-electron chi connectivity index (χ2n) is 3.33. The molecule has 0 spiro atoms. The Labute approximate surface area is 76.6 Å². The number of anilines is 1. The van der Waals surface area contributed by atoms with Gasteiger partial charge in [0, 0.05) is 12.1 Å². The van der Waals surface area contributed by atoms with Crippen LogP contribution >= 0.6 is 0 Å². The molecule has 1 aliphatic rings. The fourth-order valence-corrected chi connectivity index (χ4v) is 1.54. The lowest BCUT2D eigenvalue weighted by atomic mass is 9.91. The molecular weight excluding hydrogens is 164 g/mol. The van der Waals surface area contributed by atoms with Crippen LogP contribution in [0, 0.1) is 11.3 Å². The number of hydrogen-bond donors (Lipinski definition) is 2. The van der Waals surface area contributed by atoms with Gasteiger partial charge in [-0.05, 0) is 11.6 Å². The lowest BCUT2D eigenvalue weighted by Gasteiger charge is -2.28. The average molecular weight is 174 g/mol. The molecule has 1 aliphatic heterocycles. The number of nitrogens with zero attached hydrogens (tertiary/aromatic N) is 1. The molecular formula is C10H10N2O. The zero-order valence-corrected chi connectivity index (χ0v) is 7.12. The Kier molecular flexibility index (Phi) is 1.71. The van der Waals surface area contributed by atoms with Crippen LogP contribution in [0.5, 0.6) is 0 Å². The van der Waals surface area contributed by atoms with Gasteiger partial charge in [0.2, 0.25) is 0 Å². The predicted octanol–water partition coefficient (Wildman–Crippen LogP) is 0.909. The number of nitrogens with one attached hydrogen (secondary N) is 1. The zero-order chi connectivity index (χ0) is 9.31. The van der Waals surface area contributed by atoms with Crippen molar-refractivity contribution in [2.45, 2.75) is 12.0 Å². The molecule has 0 aliphatic carbocycles. The molecule has 3 nitrogen and oxygen atoms in total. The van der Waals surface area contributed by atoms with Crippen molar-refractivity contribution in [3.8, 4) is 6.07 Å². The summed E-state index contributed by atoms with van der Waals surface area (Å²) in [5.74, 6) is 0. The lowest BCUT2D eigenvalue weighted by Crippen LogP contribution is -2.41. The number of para-hydroxylation sites is 1. The SMILES string of the molecule is N#CC1(O)CNc2ccccc2C1. The Morgan fingerprint density at radius 1 is 1.46 bits per heavy atom. The molecule has 0 saturated heterocycles. The van der Waals surface area contributed by atoms with Crippen molar-refractivity contribution in [2.24, 2.45) is 0 Å². The number of fused-ring (bicyclic) bond motifs is 1. The van der Waals surface area contributed by atoms with Gasteiger partial charge in [-0.15, -0.1) is 0 Å². The van der Waals surface area contributed by atoms with Gasteiger partial charge in [-0.2, -0.15) is 5.26 Å². The first kappa shape index (κ1) is 8.09. The van der Waals surface area contributed by atoms with Crippen molar-refractivity contribution >= 4 is 5.69 Å². The summed E-state index contributed by atoms with van der Waals surface area (Å²) in [5, 5.41) is 21.5. The molecule has 13 heavy (non-hydrogen) atoms. The molecule has 3 heteroatoms. The van der Waals surface area contributed by atoms with Gasteiger partial charge in [0.1, 0.15) is 0 Å². The summed E-state index contributed by atoms with van der Waals surface area (Å²) in [5.41, 5.74) is 0.772. The van der Waals surface area contributed by atoms with E-state index in [0.29, 0.717) is 13.0 Å². The van der Waals surface area contributed by atoms with E-state index in [9.17, 15) is 5.11 Å². The van der Waals surface area contributed by atoms with E-state index in [2.05, 4.69) is 5.32 Å². The molecule has 1 atom stereocenters. The third-order valence-electron chi connectivity index (χ3n) is 2.28. The van der Waals surface area contributed by atoms with Gasteiger partial charge < -0.3 is 10.4 Å². The highest BCUT2D eigenvalue weighted by molar-refractivity contribution is 5.55. The van der Waals surface area contributed by atoms with Crippen LogP contribution in [-0.2, 0) is 6.42 Å². The average Bonchev–Trinajstić information content (AvgIpc) is 2.18. The summed E-state index contributed by atoms with van der Waals surface area (Å²) in [6, 6.07) is 9.62. The maximum atomic E-state index is 9.70. The molecule has 1 aromatic carbocycles. The number of nitriles is 1. The summed E-state index contributed by atoms with van der Waals surface area (Å²) in [7, 11) is 0. The number of β-amino-alcohol motifs (C(OH)–C–C–N with tert-alkyl or cyclic N) is 1. The van der Waals surface area contributed by atoms with E-state index in [-0.39, 0.29) is 0 Å². The molecule has 0 bridgehead atoms. The minimum atomic E-state index is -1.24. The molecule has 0 aromatic heterocycles. The molecule has 1 aromatic rings. The Balaban J connectivity index is 2.36. The number of benzene rings is 1. The lowest BCUT2D eigenvalue weighted by molar-refractivity contribution is 0.110. The van der Waals surface area contributed by atoms with Crippen LogP contribution in [0.25, 0.3) is 0 Å². The fraction of sp³-hybridized carbons (Fsp3) is 0.300. The summed E-state index contributed by atoms with van der Waals surface area (Å²) in [4.78, 5) is 0. The van der Waals surface area contributed by atoms with Gasteiger partial charge in [-0.25, -0.2) is 0 Å². The third-order valence-corrected chi connectivity index (χ3v) is 2.28. The van der Waals surface area contributed by atoms with E-state index in [0.717, 1.165) is 11.3 Å². The predicted molar refractivity (Wildman–Crippen MR) is 49.2 cm³/mol. The van der Waals surface area contributed by atoms with Crippen LogP contribution in [0.3, 0.4) is 0 Å². The maximum absolute atomic E-state index is 9.70. The van der Waals surface area contributed by atoms with E-state index in [1.54, 1.807) is 0 Å². The van der Waals surface area contributed by atoms with Crippen molar-refractivity contribution < 1.29 is 5.11 Å². The van der Waals surface area contributed by atoms with Crippen LogP contribution < -0.4 is 5.32 Å². The standard InChI is InChI=1S/C10H10N2O/c11-6-10(13)5-8-3-1-2-4-9(8)12-7-10/h1-4,12-13H,5,7H2. The monoisotopic (exact) mass is 174 g/mol. The molecule has 1 heterocycles. The molecule has 1 unspecified atom stereocenters. The minimum Gasteiger partial charge on any atom is -0.381 e. The van der Waals surface area contributed by atoms with Gasteiger partial charge in [0.05, 0.1) is 12.6 Å². The zero-order valence-electron chi connectivity index (χ0n) is 7.12. The van der Waals surface area contributed by atoms with E-state index in [1.165, 1.54) is 0 Å². The third kappa shape index (κ3) is 1.36. The van der Waals surface area contributed by atoms with Crippen LogP contribution in [0.15, 0.2) is 24.3 Å². The molecule has 0 radical (unpaired) electrons. The maximum Gasteiger partial charge on any atom is 0.172 e. The van der Waals surface area contributed by atoms with Crippen molar-refractivity contribution in [1.29, 1.82) is 5.26 Å². The summed E-state index contributed by atoms with van der Waals surface area (Å²) >= 11 is 0. The Bertz CT molecular complexity index is 369. The van der Waals surface area contributed by atoms with Crippen LogP contribution in [0.1, 0.15) is 5.56 Å². The number of rotatable bonds is 0. The molecule has 2 rings (SSSR count). The molecule has 0 saturated carbocycles. The quantitative estimate of drug-likeness (QED) is 0.575. The second-order valence-corrected chi connectivity index (χ2v) is 3.33. The van der Waals surface area contributed by atoms with Gasteiger partial charge in [-0.3, -0.25) is 0 Å². The first-order valence-corrected chi connectivity index (χ1v) is 4.19. The largest absolute Gasteiger partial charge is 0.381 e. The normalized spacial score (nSPS) is 25.5. The minimum absolute atomic E-state index is 0.306. The fourth-order valence-electron chi connectivity index (χ4n) is 1.54. The van der Waals surface area contributed by atoms with E-state index < -0.39 is 5.60 Å². The topological polar surface area (TPSA) is 56.0 Å². The Hall–Kier alpha value is -1.53. The van der Waals surface area contributed by atoms with Gasteiger partial charge in [-0.1, -0.05) is 18.2 Å². The van der Waals surface area contributed by atoms with Gasteiger partial charge >= 0.3 is 0 Å². The smallest absolute Gasteiger partial charge is 0.172 e. The van der Waals surface area contributed by atoms with Crippen molar-refractivity contribution in [3.05, 3.63) is 29.8 Å². The highest BCUT2D eigenvalue weighted by Crippen LogP contribution is 2.26. The summed E-state index contributed by atoms with van der Waals surface area (Å²) < 4.78 is 0. The Morgan fingerprint density at radius 3 is 3.00 bits per heavy atom. The van der Waals surface area contributed by atoms with E-state index in [4.69, 9.17) is 5.26 Å². The first-order chi connectivity index (χ1) is 6.23. The number of hydrogen-bond acceptors (Lipinski definition) is 3. The number of aliphatic hydroxyl groups is 1. The summed E-state index contributed by atoms with van der Waals surface area (Å²) in [6.07, 6.45) is 0.409. The molecule has 0 fully saturated rings. The van der Waals surface area contributed by atoms with Gasteiger partial charge in [0.25, 0.3) is 0 Å². The van der Waals surface area contributed by atoms with Crippen molar-refractivity contribution in [1.82, 2.24) is 0 Å². The van der Waals surface area contributed by atoms with Crippen LogP contribution in [0.4, 0.5) is 5.69 Å². The van der Waals surface area contributed by atoms with E-state index >= 15 is 0 Å². The van der Waals surface area contributed by atoms with Crippen LogP contribution in [-0.4, -0.2) is 17.3 Å². The highest BCUT2D eigenvalue weighted by atomic mass is 16.3. The summed E-state index contributed by atoms with van der Waals surface area (Å²) in [6.45, 7) is 0.306. The molecule has 66 valence electrons. The molecule has 0 amide bonds.